The summed E-state index contributed by atoms with van der Waals surface area (Å²) in [5.41, 5.74) is 4.57. The highest BCUT2D eigenvalue weighted by molar-refractivity contribution is 9.10. The van der Waals surface area contributed by atoms with Gasteiger partial charge in [0.15, 0.2) is 11.6 Å². The first kappa shape index (κ1) is 11.8. The predicted octanol–water partition coefficient (Wildman–Crippen LogP) is 2.58. The first-order valence-electron chi connectivity index (χ1n) is 5.01. The molecule has 1 aromatic heterocycles. The molecule has 6 heteroatoms. The van der Waals surface area contributed by atoms with Gasteiger partial charge in [-0.1, -0.05) is 22.0 Å². The van der Waals surface area contributed by atoms with Crippen LogP contribution in [0.2, 0.25) is 0 Å². The van der Waals surface area contributed by atoms with Crippen LogP contribution in [0.3, 0.4) is 0 Å². The lowest BCUT2D eigenvalue weighted by atomic mass is 10.2. The molecule has 5 nitrogen and oxygen atoms in total. The molecule has 0 atom stereocenters. The molecule has 0 radical (unpaired) electrons. The van der Waals surface area contributed by atoms with Gasteiger partial charge in [-0.2, -0.15) is 0 Å². The maximum absolute atomic E-state index is 5.27. The van der Waals surface area contributed by atoms with Gasteiger partial charge in [-0.3, -0.25) is 4.98 Å². The van der Waals surface area contributed by atoms with E-state index in [1.165, 1.54) is 5.56 Å². The third-order valence-corrected chi connectivity index (χ3v) is 3.08. The SMILES string of the molecule is Cc1ccc(Nc2cncc(NN)n2)cc1Br. The lowest BCUT2D eigenvalue weighted by Gasteiger charge is -2.08. The Hall–Kier alpha value is -1.66. The molecule has 0 aliphatic carbocycles. The Balaban J connectivity index is 2.22. The van der Waals surface area contributed by atoms with E-state index in [4.69, 9.17) is 5.84 Å². The second kappa shape index (κ2) is 5.11. The van der Waals surface area contributed by atoms with Crippen molar-refractivity contribution in [1.82, 2.24) is 9.97 Å². The van der Waals surface area contributed by atoms with Gasteiger partial charge in [0.1, 0.15) is 0 Å². The average molecular weight is 294 g/mol. The van der Waals surface area contributed by atoms with Crippen LogP contribution in [0.1, 0.15) is 5.56 Å². The molecule has 2 rings (SSSR count). The Kier molecular flexibility index (Phi) is 3.55. The van der Waals surface area contributed by atoms with E-state index in [2.05, 4.69) is 36.6 Å². The van der Waals surface area contributed by atoms with Gasteiger partial charge in [-0.25, -0.2) is 10.8 Å². The quantitative estimate of drug-likeness (QED) is 0.599. The van der Waals surface area contributed by atoms with Gasteiger partial charge in [0, 0.05) is 10.2 Å². The molecule has 17 heavy (non-hydrogen) atoms. The third-order valence-electron chi connectivity index (χ3n) is 2.23. The summed E-state index contributed by atoms with van der Waals surface area (Å²) < 4.78 is 1.04. The summed E-state index contributed by atoms with van der Waals surface area (Å²) in [6.45, 7) is 2.03. The number of benzene rings is 1. The zero-order chi connectivity index (χ0) is 12.3. The largest absolute Gasteiger partial charge is 0.339 e. The Morgan fingerprint density at radius 1 is 1.24 bits per heavy atom. The first-order valence-corrected chi connectivity index (χ1v) is 5.80. The Bertz CT molecular complexity index is 529. The number of aryl methyl sites for hydroxylation is 1. The van der Waals surface area contributed by atoms with E-state index >= 15 is 0 Å². The van der Waals surface area contributed by atoms with Crippen LogP contribution in [0.15, 0.2) is 35.1 Å². The van der Waals surface area contributed by atoms with E-state index in [0.29, 0.717) is 11.6 Å². The molecule has 0 spiro atoms. The summed E-state index contributed by atoms with van der Waals surface area (Å²) in [7, 11) is 0. The highest BCUT2D eigenvalue weighted by Crippen LogP contribution is 2.22. The number of nitrogens with two attached hydrogens (primary N) is 1. The number of hydrogen-bond acceptors (Lipinski definition) is 5. The second-order valence-corrected chi connectivity index (χ2v) is 4.38. The predicted molar refractivity (Wildman–Crippen MR) is 72.0 cm³/mol. The molecule has 0 fully saturated rings. The molecule has 0 saturated heterocycles. The lowest BCUT2D eigenvalue weighted by molar-refractivity contribution is 1.16. The minimum absolute atomic E-state index is 0.515. The standard InChI is InChI=1S/C11H12BrN5/c1-7-2-3-8(4-9(7)12)15-10-5-14-6-11(16-10)17-13/h2-6H,13H2,1H3,(H2,15,16,17). The molecular formula is C11H12BrN5. The molecule has 2 aromatic rings. The molecule has 0 bridgehead atoms. The van der Waals surface area contributed by atoms with E-state index in [1.54, 1.807) is 12.4 Å². The molecule has 1 aromatic carbocycles. The van der Waals surface area contributed by atoms with Crippen molar-refractivity contribution in [2.24, 2.45) is 5.84 Å². The highest BCUT2D eigenvalue weighted by Gasteiger charge is 2.00. The van der Waals surface area contributed by atoms with Crippen molar-refractivity contribution in [1.29, 1.82) is 0 Å². The third kappa shape index (κ3) is 2.92. The maximum atomic E-state index is 5.27. The van der Waals surface area contributed by atoms with Crippen LogP contribution in [0.4, 0.5) is 17.3 Å². The molecule has 4 N–H and O–H groups in total. The summed E-state index contributed by atoms with van der Waals surface area (Å²) in [6, 6.07) is 5.98. The van der Waals surface area contributed by atoms with Gasteiger partial charge >= 0.3 is 0 Å². The molecule has 0 aliphatic rings. The summed E-state index contributed by atoms with van der Waals surface area (Å²) >= 11 is 3.48. The number of halogens is 1. The lowest BCUT2D eigenvalue weighted by Crippen LogP contribution is -2.09. The van der Waals surface area contributed by atoms with Gasteiger partial charge < -0.3 is 10.7 Å². The smallest absolute Gasteiger partial charge is 0.160 e. The zero-order valence-corrected chi connectivity index (χ0v) is 10.8. The highest BCUT2D eigenvalue weighted by atomic mass is 79.9. The summed E-state index contributed by atoms with van der Waals surface area (Å²) in [5, 5.41) is 3.15. The fraction of sp³-hybridized carbons (Fsp3) is 0.0909. The van der Waals surface area contributed by atoms with Gasteiger partial charge in [0.25, 0.3) is 0 Å². The number of nitrogens with zero attached hydrogens (tertiary/aromatic N) is 2. The van der Waals surface area contributed by atoms with Crippen molar-refractivity contribution in [2.45, 2.75) is 6.92 Å². The second-order valence-electron chi connectivity index (χ2n) is 3.52. The van der Waals surface area contributed by atoms with Crippen LogP contribution in [0.25, 0.3) is 0 Å². The molecule has 1 heterocycles. The summed E-state index contributed by atoms with van der Waals surface area (Å²) in [5.74, 6) is 6.42. The normalized spacial score (nSPS) is 10.1. The topological polar surface area (TPSA) is 75.9 Å². The fourth-order valence-electron chi connectivity index (χ4n) is 1.31. The Morgan fingerprint density at radius 3 is 2.71 bits per heavy atom. The van der Waals surface area contributed by atoms with Gasteiger partial charge in [0.05, 0.1) is 12.4 Å². The summed E-state index contributed by atoms with van der Waals surface area (Å²) in [4.78, 5) is 8.23. The number of hydrogen-bond donors (Lipinski definition) is 3. The van der Waals surface area contributed by atoms with E-state index in [0.717, 1.165) is 10.2 Å². The zero-order valence-electron chi connectivity index (χ0n) is 9.24. The van der Waals surface area contributed by atoms with Gasteiger partial charge in [-0.15, -0.1) is 0 Å². The van der Waals surface area contributed by atoms with Crippen molar-refractivity contribution >= 4 is 33.3 Å². The van der Waals surface area contributed by atoms with Crippen LogP contribution in [0.5, 0.6) is 0 Å². The van der Waals surface area contributed by atoms with Crippen LogP contribution in [-0.2, 0) is 0 Å². The van der Waals surface area contributed by atoms with Crippen molar-refractivity contribution in [3.8, 4) is 0 Å². The molecular weight excluding hydrogens is 282 g/mol. The maximum Gasteiger partial charge on any atom is 0.160 e. The number of rotatable bonds is 3. The Labute approximate surface area is 108 Å². The minimum atomic E-state index is 0.515. The monoisotopic (exact) mass is 293 g/mol. The van der Waals surface area contributed by atoms with Crippen molar-refractivity contribution in [3.63, 3.8) is 0 Å². The van der Waals surface area contributed by atoms with Gasteiger partial charge in [-0.05, 0) is 24.6 Å². The summed E-state index contributed by atoms with van der Waals surface area (Å²) in [6.07, 6.45) is 3.19. The van der Waals surface area contributed by atoms with E-state index in [-0.39, 0.29) is 0 Å². The van der Waals surface area contributed by atoms with E-state index < -0.39 is 0 Å². The van der Waals surface area contributed by atoms with E-state index in [1.807, 2.05) is 25.1 Å². The molecule has 0 unspecified atom stereocenters. The number of aromatic nitrogens is 2. The molecule has 0 saturated carbocycles. The molecule has 88 valence electrons. The van der Waals surface area contributed by atoms with Crippen molar-refractivity contribution in [3.05, 3.63) is 40.6 Å². The number of nitrogens with one attached hydrogen (secondary N) is 2. The van der Waals surface area contributed by atoms with Gasteiger partial charge in [0.2, 0.25) is 0 Å². The molecule has 0 amide bonds. The van der Waals surface area contributed by atoms with Crippen LogP contribution >= 0.6 is 15.9 Å². The van der Waals surface area contributed by atoms with Crippen LogP contribution in [0, 0.1) is 6.92 Å². The number of hydrazine groups is 1. The minimum Gasteiger partial charge on any atom is -0.339 e. The Morgan fingerprint density at radius 2 is 2.00 bits per heavy atom. The number of anilines is 3. The molecule has 0 aliphatic heterocycles. The van der Waals surface area contributed by atoms with E-state index in [9.17, 15) is 0 Å². The average Bonchev–Trinajstić information content (AvgIpc) is 2.34. The van der Waals surface area contributed by atoms with Crippen LogP contribution in [-0.4, -0.2) is 9.97 Å². The van der Waals surface area contributed by atoms with Crippen molar-refractivity contribution in [2.75, 3.05) is 10.7 Å². The van der Waals surface area contributed by atoms with Crippen LogP contribution < -0.4 is 16.6 Å². The first-order chi connectivity index (χ1) is 8.19. The van der Waals surface area contributed by atoms with Crippen molar-refractivity contribution < 1.29 is 0 Å². The number of nitrogen functional groups attached to an aromatic ring is 1. The fourth-order valence-corrected chi connectivity index (χ4v) is 1.69.